The number of thiophene rings is 1. The van der Waals surface area contributed by atoms with Crippen LogP contribution >= 0.6 is 11.3 Å². The lowest BCUT2D eigenvalue weighted by Crippen LogP contribution is -2.49. The molecule has 0 aromatic carbocycles. The number of rotatable bonds is 3. The van der Waals surface area contributed by atoms with E-state index in [1.165, 1.54) is 24.2 Å². The van der Waals surface area contributed by atoms with Crippen molar-refractivity contribution >= 4 is 21.4 Å². The molecule has 100 valence electrons. The molecule has 1 saturated heterocycles. The van der Waals surface area contributed by atoms with Gasteiger partial charge >= 0.3 is 0 Å². The quantitative estimate of drug-likeness (QED) is 0.846. The summed E-state index contributed by atoms with van der Waals surface area (Å²) >= 11 is 1.36. The molecule has 3 rings (SSSR count). The van der Waals surface area contributed by atoms with Crippen molar-refractivity contribution in [2.24, 2.45) is 0 Å². The fraction of sp³-hybridized carbons (Fsp3) is 0.667. The number of hydrogen-bond acceptors (Lipinski definition) is 4. The zero-order valence-corrected chi connectivity index (χ0v) is 12.1. The first-order valence-electron chi connectivity index (χ1n) is 6.38. The van der Waals surface area contributed by atoms with Gasteiger partial charge in [-0.15, -0.1) is 11.3 Å². The first kappa shape index (κ1) is 12.6. The third-order valence-corrected chi connectivity index (χ3v) is 7.01. The Bertz CT molecular complexity index is 526. The van der Waals surface area contributed by atoms with E-state index in [4.69, 9.17) is 0 Å². The summed E-state index contributed by atoms with van der Waals surface area (Å²) in [7, 11) is -3.24. The van der Waals surface area contributed by atoms with E-state index in [0.29, 0.717) is 17.3 Å². The molecule has 1 aliphatic heterocycles. The third kappa shape index (κ3) is 2.34. The molecule has 2 aliphatic rings. The SMILES string of the molecule is Cc1ccc(S(=O)(=O)N2CCN(C3CC3)CC2)s1. The second kappa shape index (κ2) is 4.59. The maximum absolute atomic E-state index is 12.4. The summed E-state index contributed by atoms with van der Waals surface area (Å²) in [6, 6.07) is 4.33. The first-order chi connectivity index (χ1) is 8.57. The van der Waals surface area contributed by atoms with Crippen LogP contribution in [0.3, 0.4) is 0 Å². The molecule has 2 fully saturated rings. The lowest BCUT2D eigenvalue weighted by Gasteiger charge is -2.33. The molecule has 0 spiro atoms. The monoisotopic (exact) mass is 286 g/mol. The van der Waals surface area contributed by atoms with Crippen LogP contribution in [-0.2, 0) is 10.0 Å². The van der Waals surface area contributed by atoms with E-state index < -0.39 is 10.0 Å². The molecule has 1 saturated carbocycles. The van der Waals surface area contributed by atoms with Gasteiger partial charge in [0.15, 0.2) is 0 Å². The predicted molar refractivity (Wildman–Crippen MR) is 72.4 cm³/mol. The van der Waals surface area contributed by atoms with Crippen molar-refractivity contribution in [2.75, 3.05) is 26.2 Å². The Morgan fingerprint density at radius 3 is 2.33 bits per heavy atom. The van der Waals surface area contributed by atoms with Crippen molar-refractivity contribution in [3.05, 3.63) is 17.0 Å². The van der Waals surface area contributed by atoms with Crippen LogP contribution in [0, 0.1) is 6.92 Å². The highest BCUT2D eigenvalue weighted by molar-refractivity contribution is 7.91. The highest BCUT2D eigenvalue weighted by Gasteiger charge is 2.35. The maximum Gasteiger partial charge on any atom is 0.252 e. The summed E-state index contributed by atoms with van der Waals surface area (Å²) in [5.41, 5.74) is 0. The number of aryl methyl sites for hydroxylation is 1. The van der Waals surface area contributed by atoms with E-state index >= 15 is 0 Å². The molecule has 4 nitrogen and oxygen atoms in total. The van der Waals surface area contributed by atoms with Crippen molar-refractivity contribution in [2.45, 2.75) is 30.0 Å². The Morgan fingerprint density at radius 2 is 1.83 bits per heavy atom. The van der Waals surface area contributed by atoms with E-state index in [9.17, 15) is 8.42 Å². The molecule has 0 atom stereocenters. The van der Waals surface area contributed by atoms with Crippen LogP contribution in [0.4, 0.5) is 0 Å². The minimum Gasteiger partial charge on any atom is -0.298 e. The van der Waals surface area contributed by atoms with Crippen LogP contribution < -0.4 is 0 Å². The summed E-state index contributed by atoms with van der Waals surface area (Å²) < 4.78 is 26.9. The number of nitrogens with zero attached hydrogens (tertiary/aromatic N) is 2. The van der Waals surface area contributed by atoms with E-state index in [1.54, 1.807) is 10.4 Å². The molecular formula is C12H18N2O2S2. The number of hydrogen-bond donors (Lipinski definition) is 0. The minimum atomic E-state index is -3.24. The molecule has 0 amide bonds. The van der Waals surface area contributed by atoms with Gasteiger partial charge in [-0.05, 0) is 31.9 Å². The van der Waals surface area contributed by atoms with Crippen LogP contribution in [0.1, 0.15) is 17.7 Å². The van der Waals surface area contributed by atoms with Crippen molar-refractivity contribution in [3.63, 3.8) is 0 Å². The summed E-state index contributed by atoms with van der Waals surface area (Å²) in [5, 5.41) is 0. The van der Waals surface area contributed by atoms with Crippen molar-refractivity contribution in [1.29, 1.82) is 0 Å². The normalized spacial score (nSPS) is 23.4. The summed E-state index contributed by atoms with van der Waals surface area (Å²) in [5.74, 6) is 0. The smallest absolute Gasteiger partial charge is 0.252 e. The van der Waals surface area contributed by atoms with Crippen LogP contribution in [0.2, 0.25) is 0 Å². The molecule has 0 N–H and O–H groups in total. The molecule has 1 aromatic rings. The largest absolute Gasteiger partial charge is 0.298 e. The van der Waals surface area contributed by atoms with E-state index in [0.717, 1.165) is 24.0 Å². The van der Waals surface area contributed by atoms with Crippen molar-refractivity contribution < 1.29 is 8.42 Å². The molecule has 6 heteroatoms. The summed E-state index contributed by atoms with van der Waals surface area (Å²) in [6.07, 6.45) is 2.58. The summed E-state index contributed by atoms with van der Waals surface area (Å²) in [6.45, 7) is 4.97. The van der Waals surface area contributed by atoms with Gasteiger partial charge in [0.1, 0.15) is 4.21 Å². The van der Waals surface area contributed by atoms with Gasteiger partial charge in [-0.3, -0.25) is 4.90 Å². The highest BCUT2D eigenvalue weighted by Crippen LogP contribution is 2.29. The molecule has 18 heavy (non-hydrogen) atoms. The fourth-order valence-corrected chi connectivity index (χ4v) is 5.29. The third-order valence-electron chi connectivity index (χ3n) is 3.65. The first-order valence-corrected chi connectivity index (χ1v) is 8.64. The van der Waals surface area contributed by atoms with E-state index in [-0.39, 0.29) is 0 Å². The average molecular weight is 286 g/mol. The van der Waals surface area contributed by atoms with Crippen molar-refractivity contribution in [1.82, 2.24) is 9.21 Å². The van der Waals surface area contributed by atoms with Gasteiger partial charge in [-0.1, -0.05) is 0 Å². The second-order valence-corrected chi connectivity index (χ2v) is 8.49. The Labute approximate surface area is 112 Å². The Kier molecular flexibility index (Phi) is 3.21. The van der Waals surface area contributed by atoms with Crippen molar-refractivity contribution in [3.8, 4) is 0 Å². The van der Waals surface area contributed by atoms with Crippen LogP contribution in [0.15, 0.2) is 16.3 Å². The molecule has 1 aliphatic carbocycles. The van der Waals surface area contributed by atoms with Gasteiger partial charge in [-0.25, -0.2) is 8.42 Å². The lowest BCUT2D eigenvalue weighted by molar-refractivity contribution is 0.181. The number of piperazine rings is 1. The maximum atomic E-state index is 12.4. The zero-order chi connectivity index (χ0) is 12.8. The Balaban J connectivity index is 1.71. The highest BCUT2D eigenvalue weighted by atomic mass is 32.2. The number of sulfonamides is 1. The van der Waals surface area contributed by atoms with Crippen LogP contribution in [0.5, 0.6) is 0 Å². The van der Waals surface area contributed by atoms with Crippen LogP contribution in [0.25, 0.3) is 0 Å². The molecule has 1 aromatic heterocycles. The summed E-state index contributed by atoms with van der Waals surface area (Å²) in [4.78, 5) is 3.47. The Morgan fingerprint density at radius 1 is 1.17 bits per heavy atom. The van der Waals surface area contributed by atoms with Gasteiger partial charge in [0.2, 0.25) is 0 Å². The molecule has 2 heterocycles. The molecule has 0 bridgehead atoms. The molecular weight excluding hydrogens is 268 g/mol. The van der Waals surface area contributed by atoms with Gasteiger partial charge < -0.3 is 0 Å². The standard InChI is InChI=1S/C12H18N2O2S2/c1-10-2-5-12(17-10)18(15,16)14-8-6-13(7-9-14)11-3-4-11/h2,5,11H,3-4,6-9H2,1H3. The van der Waals surface area contributed by atoms with Gasteiger partial charge in [-0.2, -0.15) is 4.31 Å². The Hall–Kier alpha value is -0.430. The topological polar surface area (TPSA) is 40.6 Å². The van der Waals surface area contributed by atoms with E-state index in [1.807, 2.05) is 13.0 Å². The van der Waals surface area contributed by atoms with Gasteiger partial charge in [0.25, 0.3) is 10.0 Å². The second-order valence-electron chi connectivity index (χ2n) is 5.04. The fourth-order valence-electron chi connectivity index (χ4n) is 2.43. The van der Waals surface area contributed by atoms with Gasteiger partial charge in [0.05, 0.1) is 0 Å². The predicted octanol–water partition coefficient (Wildman–Crippen LogP) is 1.53. The minimum absolute atomic E-state index is 0.486. The average Bonchev–Trinajstić information content (AvgIpc) is 3.11. The lowest BCUT2D eigenvalue weighted by atomic mass is 10.3. The molecule has 0 unspecified atom stereocenters. The van der Waals surface area contributed by atoms with Gasteiger partial charge in [0, 0.05) is 37.1 Å². The van der Waals surface area contributed by atoms with Crippen LogP contribution in [-0.4, -0.2) is 49.8 Å². The molecule has 0 radical (unpaired) electrons. The zero-order valence-electron chi connectivity index (χ0n) is 10.5. The van der Waals surface area contributed by atoms with E-state index in [2.05, 4.69) is 4.90 Å².